The third-order valence-corrected chi connectivity index (χ3v) is 5.08. The summed E-state index contributed by atoms with van der Waals surface area (Å²) in [4.78, 5) is 15.9. The fourth-order valence-corrected chi connectivity index (χ4v) is 3.66. The Hall–Kier alpha value is -3.19. The molecule has 0 radical (unpaired) electrons. The van der Waals surface area contributed by atoms with E-state index in [0.717, 1.165) is 4.88 Å². The van der Waals surface area contributed by atoms with Gasteiger partial charge in [0.25, 0.3) is 5.91 Å². The zero-order valence-electron chi connectivity index (χ0n) is 14.6. The Morgan fingerprint density at radius 1 is 1.15 bits per heavy atom. The highest BCUT2D eigenvalue weighted by molar-refractivity contribution is 7.09. The zero-order chi connectivity index (χ0) is 18.8. The molecule has 0 aliphatic rings. The molecule has 0 aliphatic carbocycles. The molecule has 5 nitrogen and oxygen atoms in total. The van der Waals surface area contributed by atoms with Gasteiger partial charge in [0.05, 0.1) is 18.4 Å². The minimum absolute atomic E-state index is 0.125. The predicted octanol–water partition coefficient (Wildman–Crippen LogP) is 4.14. The number of benzene rings is 1. The van der Waals surface area contributed by atoms with E-state index in [-0.39, 0.29) is 11.7 Å². The fraction of sp³-hybridized carbons (Fsp3) is 0.100. The van der Waals surface area contributed by atoms with Crippen molar-refractivity contribution in [2.75, 3.05) is 7.05 Å². The largest absolute Gasteiger partial charge is 0.336 e. The molecule has 7 heteroatoms. The summed E-state index contributed by atoms with van der Waals surface area (Å²) < 4.78 is 16.8. The highest BCUT2D eigenvalue weighted by Crippen LogP contribution is 2.22. The molecule has 0 unspecified atom stereocenters. The van der Waals surface area contributed by atoms with E-state index in [1.54, 1.807) is 46.3 Å². The zero-order valence-corrected chi connectivity index (χ0v) is 15.4. The van der Waals surface area contributed by atoms with E-state index < -0.39 is 0 Å². The lowest BCUT2D eigenvalue weighted by molar-refractivity contribution is 0.0786. The van der Waals surface area contributed by atoms with Crippen LogP contribution in [-0.4, -0.2) is 32.2 Å². The Labute approximate surface area is 159 Å². The van der Waals surface area contributed by atoms with Crippen LogP contribution in [0.4, 0.5) is 4.39 Å². The lowest BCUT2D eigenvalue weighted by Gasteiger charge is -2.17. The number of carbonyl (C=O) groups is 1. The van der Waals surface area contributed by atoms with Crippen molar-refractivity contribution in [2.24, 2.45) is 0 Å². The molecule has 0 bridgehead atoms. The first-order valence-electron chi connectivity index (χ1n) is 8.38. The van der Waals surface area contributed by atoms with E-state index in [1.165, 1.54) is 12.1 Å². The van der Waals surface area contributed by atoms with Gasteiger partial charge >= 0.3 is 0 Å². The summed E-state index contributed by atoms with van der Waals surface area (Å²) in [6.45, 7) is 0.531. The van der Waals surface area contributed by atoms with Crippen LogP contribution in [0.1, 0.15) is 15.2 Å². The van der Waals surface area contributed by atoms with Gasteiger partial charge in [0.15, 0.2) is 5.82 Å². The van der Waals surface area contributed by atoms with Crippen molar-refractivity contribution in [2.45, 2.75) is 6.54 Å². The van der Waals surface area contributed by atoms with E-state index in [9.17, 15) is 9.18 Å². The fourth-order valence-electron chi connectivity index (χ4n) is 2.90. The number of aromatic nitrogens is 3. The van der Waals surface area contributed by atoms with Crippen molar-refractivity contribution in [3.05, 3.63) is 88.8 Å². The van der Waals surface area contributed by atoms with E-state index in [0.29, 0.717) is 23.6 Å². The number of nitrogens with zero attached hydrogens (tertiary/aromatic N) is 4. The molecule has 0 fully saturated rings. The van der Waals surface area contributed by atoms with Gasteiger partial charge in [0.1, 0.15) is 11.4 Å². The molecule has 3 aromatic heterocycles. The van der Waals surface area contributed by atoms with Crippen LogP contribution in [0, 0.1) is 5.82 Å². The molecule has 4 aromatic rings. The number of halogens is 1. The topological polar surface area (TPSA) is 43.1 Å². The van der Waals surface area contributed by atoms with Crippen molar-refractivity contribution in [1.29, 1.82) is 0 Å². The van der Waals surface area contributed by atoms with Crippen LogP contribution in [0.5, 0.6) is 0 Å². The van der Waals surface area contributed by atoms with Crippen LogP contribution in [0.3, 0.4) is 0 Å². The normalized spacial score (nSPS) is 10.9. The monoisotopic (exact) mass is 380 g/mol. The Morgan fingerprint density at radius 3 is 2.56 bits per heavy atom. The van der Waals surface area contributed by atoms with Gasteiger partial charge in [-0.3, -0.25) is 4.79 Å². The van der Waals surface area contributed by atoms with Crippen LogP contribution in [0.25, 0.3) is 11.5 Å². The molecule has 1 aromatic carbocycles. The third-order valence-electron chi connectivity index (χ3n) is 4.21. The molecule has 0 aliphatic heterocycles. The van der Waals surface area contributed by atoms with E-state index >= 15 is 0 Å². The highest BCUT2D eigenvalue weighted by atomic mass is 32.1. The van der Waals surface area contributed by atoms with Crippen LogP contribution < -0.4 is 0 Å². The summed E-state index contributed by atoms with van der Waals surface area (Å²) in [5, 5.41) is 6.39. The Balaban J connectivity index is 1.74. The van der Waals surface area contributed by atoms with Crippen LogP contribution in [0.15, 0.2) is 72.5 Å². The minimum atomic E-state index is -0.319. The van der Waals surface area contributed by atoms with Gasteiger partial charge in [-0.05, 0) is 47.8 Å². The van der Waals surface area contributed by atoms with Crippen LogP contribution >= 0.6 is 11.3 Å². The Bertz CT molecular complexity index is 1040. The minimum Gasteiger partial charge on any atom is -0.336 e. The number of hydrogen-bond donors (Lipinski definition) is 0. The molecular formula is C20H17FN4OS. The summed E-state index contributed by atoms with van der Waals surface area (Å²) in [7, 11) is 1.77. The second-order valence-electron chi connectivity index (χ2n) is 6.10. The standard InChI is InChI=1S/C20H17FN4OS/c1-23(14-17-5-4-12-27-17)20(26)18-13-22-25(16-8-6-15(21)7-9-16)19(18)24-10-2-3-11-24/h2-13H,14H2,1H3. The number of hydrogen-bond acceptors (Lipinski definition) is 3. The van der Waals surface area contributed by atoms with E-state index in [1.807, 2.05) is 46.6 Å². The predicted molar refractivity (Wildman–Crippen MR) is 103 cm³/mol. The maximum atomic E-state index is 13.3. The molecule has 3 heterocycles. The van der Waals surface area contributed by atoms with Crippen molar-refractivity contribution < 1.29 is 9.18 Å². The van der Waals surface area contributed by atoms with E-state index in [4.69, 9.17) is 0 Å². The average molecular weight is 380 g/mol. The van der Waals surface area contributed by atoms with Gasteiger partial charge in [0, 0.05) is 24.3 Å². The maximum absolute atomic E-state index is 13.3. The molecule has 0 N–H and O–H groups in total. The van der Waals surface area contributed by atoms with Crippen molar-refractivity contribution in [3.63, 3.8) is 0 Å². The third kappa shape index (κ3) is 3.41. The lowest BCUT2D eigenvalue weighted by atomic mass is 10.2. The first-order chi connectivity index (χ1) is 13.1. The molecule has 1 amide bonds. The summed E-state index contributed by atoms with van der Waals surface area (Å²) in [6, 6.07) is 13.8. The molecule has 0 spiro atoms. The Kier molecular flexibility index (Phi) is 4.60. The van der Waals surface area contributed by atoms with Gasteiger partial charge in [-0.1, -0.05) is 6.07 Å². The van der Waals surface area contributed by atoms with Crippen LogP contribution in [-0.2, 0) is 6.54 Å². The van der Waals surface area contributed by atoms with Crippen molar-refractivity contribution in [1.82, 2.24) is 19.2 Å². The summed E-state index contributed by atoms with van der Waals surface area (Å²) in [6.07, 6.45) is 5.27. The molecule has 27 heavy (non-hydrogen) atoms. The molecule has 0 saturated carbocycles. The quantitative estimate of drug-likeness (QED) is 0.522. The van der Waals surface area contributed by atoms with Gasteiger partial charge in [-0.25, -0.2) is 9.07 Å². The second-order valence-corrected chi connectivity index (χ2v) is 7.13. The molecule has 0 atom stereocenters. The molecule has 136 valence electrons. The number of carbonyl (C=O) groups excluding carboxylic acids is 1. The SMILES string of the molecule is CN(Cc1cccs1)C(=O)c1cnn(-c2ccc(F)cc2)c1-n1cccc1. The van der Waals surface area contributed by atoms with Crippen molar-refractivity contribution >= 4 is 17.2 Å². The smallest absolute Gasteiger partial charge is 0.259 e. The van der Waals surface area contributed by atoms with Gasteiger partial charge in [-0.2, -0.15) is 5.10 Å². The summed E-state index contributed by atoms with van der Waals surface area (Å²) in [5.74, 6) is 0.176. The molecule has 4 rings (SSSR count). The maximum Gasteiger partial charge on any atom is 0.259 e. The first-order valence-corrected chi connectivity index (χ1v) is 9.26. The average Bonchev–Trinajstić information content (AvgIpc) is 3.42. The summed E-state index contributed by atoms with van der Waals surface area (Å²) in [5.41, 5.74) is 1.16. The van der Waals surface area contributed by atoms with Crippen molar-refractivity contribution in [3.8, 4) is 11.5 Å². The Morgan fingerprint density at radius 2 is 1.89 bits per heavy atom. The van der Waals surface area contributed by atoms with Gasteiger partial charge < -0.3 is 9.47 Å². The highest BCUT2D eigenvalue weighted by Gasteiger charge is 2.22. The van der Waals surface area contributed by atoms with Gasteiger partial charge in [0.2, 0.25) is 0 Å². The second kappa shape index (κ2) is 7.20. The number of thiophene rings is 1. The van der Waals surface area contributed by atoms with Crippen LogP contribution in [0.2, 0.25) is 0 Å². The number of rotatable bonds is 5. The first kappa shape index (κ1) is 17.2. The van der Waals surface area contributed by atoms with E-state index in [2.05, 4.69) is 5.10 Å². The molecular weight excluding hydrogens is 363 g/mol. The molecule has 0 saturated heterocycles. The van der Waals surface area contributed by atoms with Gasteiger partial charge in [-0.15, -0.1) is 11.3 Å². The number of amides is 1. The lowest BCUT2D eigenvalue weighted by Crippen LogP contribution is -2.26. The summed E-state index contributed by atoms with van der Waals surface area (Å²) >= 11 is 1.61.